The molecule has 0 saturated carbocycles. The molecule has 0 aromatic carbocycles. The number of Topliss-reactive ketones (excluding diaryl/α,β-unsaturated/α-hetero) is 1. The molecule has 0 spiro atoms. The predicted octanol–water partition coefficient (Wildman–Crippen LogP) is 2.68. The topological polar surface area (TPSA) is 72.3 Å². The van der Waals surface area contributed by atoms with E-state index < -0.39 is 0 Å². The van der Waals surface area contributed by atoms with E-state index in [1.54, 1.807) is 6.92 Å². The second kappa shape index (κ2) is 20.5. The maximum absolute atomic E-state index is 10.8. The first kappa shape index (κ1) is 34.6. The molecule has 0 atom stereocenters. The van der Waals surface area contributed by atoms with Crippen molar-refractivity contribution in [3.05, 3.63) is 58.2 Å². The van der Waals surface area contributed by atoms with Crippen LogP contribution in [0.1, 0.15) is 106 Å². The van der Waals surface area contributed by atoms with Gasteiger partial charge in [-0.3, -0.25) is 9.97 Å². The molecule has 3 aliphatic rings. The van der Waals surface area contributed by atoms with Crippen molar-refractivity contribution in [1.29, 1.82) is 0 Å². The van der Waals surface area contributed by atoms with Gasteiger partial charge in [-0.25, -0.2) is 0 Å². The van der Waals surface area contributed by atoms with Crippen molar-refractivity contribution in [2.75, 3.05) is 19.8 Å². The van der Waals surface area contributed by atoms with E-state index in [9.17, 15) is 4.79 Å². The van der Waals surface area contributed by atoms with Gasteiger partial charge in [0.05, 0.1) is 0 Å². The van der Waals surface area contributed by atoms with Crippen LogP contribution in [0.15, 0.2) is 24.3 Å². The van der Waals surface area contributed by atoms with Crippen molar-refractivity contribution in [1.82, 2.24) is 9.97 Å². The molecule has 38 heavy (non-hydrogen) atoms. The Kier molecular flexibility index (Phi) is 18.6. The number of ketones is 1. The number of aliphatic hydroxyl groups excluding tert-OH is 1. The number of ether oxygens (including phenoxy) is 1. The average molecular weight is 513 g/mol. The van der Waals surface area contributed by atoms with Crippen LogP contribution in [-0.4, -0.2) is 49.1 Å². The van der Waals surface area contributed by atoms with E-state index in [0.717, 1.165) is 63.9 Å². The number of hydrogen-bond donors (Lipinski definition) is 1. The third-order valence-electron chi connectivity index (χ3n) is 7.10. The number of aliphatic hydroxyl groups is 1. The number of nitrogens with zero attached hydrogens (tertiary/aromatic N) is 2. The van der Waals surface area contributed by atoms with Crippen LogP contribution in [0.3, 0.4) is 0 Å². The minimum absolute atomic E-state index is 0. The van der Waals surface area contributed by atoms with Gasteiger partial charge in [-0.05, 0) is 126 Å². The molecule has 2 aromatic heterocycles. The Morgan fingerprint density at radius 3 is 1.74 bits per heavy atom. The SMILES string of the molecule is C1CCOC1.CC(=O)CCCc1ccc2c(n1)CCCC2.OCCCCc1ccc2c(n1)CCCC2.[B].[H-].[Li+]. The quantitative estimate of drug-likeness (QED) is 0.434. The van der Waals surface area contributed by atoms with Crippen LogP contribution in [0.5, 0.6) is 0 Å². The molecule has 1 fully saturated rings. The Bertz CT molecular complexity index is 936. The smallest absolute Gasteiger partial charge is 1.00 e. The van der Waals surface area contributed by atoms with Crippen LogP contribution < -0.4 is 18.9 Å². The number of aromatic nitrogens is 2. The number of unbranched alkanes of at least 4 members (excludes halogenated alkanes) is 1. The minimum atomic E-state index is 0. The van der Waals surface area contributed by atoms with Crippen LogP contribution >= 0.6 is 0 Å². The van der Waals surface area contributed by atoms with E-state index in [1.807, 2.05) is 0 Å². The normalized spacial score (nSPS) is 15.2. The van der Waals surface area contributed by atoms with E-state index in [4.69, 9.17) is 19.8 Å². The summed E-state index contributed by atoms with van der Waals surface area (Å²) in [7, 11) is 0. The molecule has 0 unspecified atom stereocenters. The number of pyridine rings is 2. The van der Waals surface area contributed by atoms with Gasteiger partial charge in [0.2, 0.25) is 0 Å². The van der Waals surface area contributed by atoms with Gasteiger partial charge < -0.3 is 16.1 Å². The van der Waals surface area contributed by atoms with Crippen molar-refractivity contribution in [3.8, 4) is 0 Å². The summed E-state index contributed by atoms with van der Waals surface area (Å²) in [6.07, 6.45) is 17.9. The Morgan fingerprint density at radius 1 is 0.789 bits per heavy atom. The maximum atomic E-state index is 10.8. The summed E-state index contributed by atoms with van der Waals surface area (Å²) in [4.78, 5) is 20.2. The molecule has 2 aliphatic carbocycles. The standard InChI is InChI=1S/C14H19NO.C13H19NO.C4H8O.B.Li.H/c1-11(16)5-4-7-13-10-9-12-6-2-3-8-14(12)15-13;15-10-4-3-6-12-9-8-11-5-1-2-7-13(11)14-12;1-2-4-5-3-1;;;/h9-10H,2-8H2,1H3;8-9,15H,1-7,10H2;1-4H2;;;/q;;;;+1;-1. The van der Waals surface area contributed by atoms with E-state index in [0.29, 0.717) is 13.0 Å². The fraction of sp³-hybridized carbons (Fsp3) is 0.645. The van der Waals surface area contributed by atoms with Crippen LogP contribution in [0.25, 0.3) is 0 Å². The summed E-state index contributed by atoms with van der Waals surface area (Å²) in [5, 5.41) is 8.72. The molecule has 203 valence electrons. The Hall–Kier alpha value is -1.45. The van der Waals surface area contributed by atoms with Crippen LogP contribution in [0.2, 0.25) is 0 Å². The number of carbonyl (C=O) groups is 1. The Labute approximate surface area is 246 Å². The Balaban J connectivity index is 0.000000590. The second-order valence-electron chi connectivity index (χ2n) is 10.3. The van der Waals surface area contributed by atoms with Gasteiger partial charge in [-0.1, -0.05) is 12.1 Å². The molecular weight excluding hydrogens is 466 g/mol. The van der Waals surface area contributed by atoms with Gasteiger partial charge >= 0.3 is 18.9 Å². The summed E-state index contributed by atoms with van der Waals surface area (Å²) in [5.41, 5.74) is 7.86. The van der Waals surface area contributed by atoms with E-state index in [2.05, 4.69) is 24.3 Å². The van der Waals surface area contributed by atoms with Crippen molar-refractivity contribution >= 4 is 14.2 Å². The summed E-state index contributed by atoms with van der Waals surface area (Å²) in [6, 6.07) is 8.76. The molecule has 1 saturated heterocycles. The number of aryl methyl sites for hydroxylation is 6. The van der Waals surface area contributed by atoms with Gasteiger partial charge in [-0.2, -0.15) is 0 Å². The number of carbonyl (C=O) groups excluding carboxylic acids is 1. The molecule has 0 bridgehead atoms. The molecule has 2 aromatic rings. The van der Waals surface area contributed by atoms with Crippen LogP contribution in [0, 0.1) is 0 Å². The predicted molar refractivity (Wildman–Crippen MR) is 152 cm³/mol. The minimum Gasteiger partial charge on any atom is -1.00 e. The van der Waals surface area contributed by atoms with Crippen LogP contribution in [-0.2, 0) is 48.1 Å². The van der Waals surface area contributed by atoms with Gasteiger partial charge in [-0.15, -0.1) is 0 Å². The van der Waals surface area contributed by atoms with Gasteiger partial charge in [0, 0.05) is 57.4 Å². The fourth-order valence-corrected chi connectivity index (χ4v) is 4.98. The molecule has 3 heterocycles. The summed E-state index contributed by atoms with van der Waals surface area (Å²) >= 11 is 0. The first-order valence-corrected chi connectivity index (χ1v) is 14.3. The third-order valence-corrected chi connectivity index (χ3v) is 7.10. The summed E-state index contributed by atoms with van der Waals surface area (Å²) < 4.78 is 4.94. The van der Waals surface area contributed by atoms with Gasteiger partial charge in [0.25, 0.3) is 0 Å². The largest absolute Gasteiger partial charge is 1.00 e. The number of hydrogen-bond acceptors (Lipinski definition) is 5. The summed E-state index contributed by atoms with van der Waals surface area (Å²) in [6.45, 7) is 3.95. The zero-order chi connectivity index (χ0) is 25.4. The molecular formula is C31H47BLiN2O3. The van der Waals surface area contributed by atoms with E-state index in [-0.39, 0.29) is 34.5 Å². The average Bonchev–Trinajstić information content (AvgIpc) is 3.50. The first-order chi connectivity index (χ1) is 17.7. The first-order valence-electron chi connectivity index (χ1n) is 14.3. The molecule has 0 amide bonds. The van der Waals surface area contributed by atoms with Crippen molar-refractivity contribution in [2.45, 2.75) is 110 Å². The van der Waals surface area contributed by atoms with Gasteiger partial charge in [0.1, 0.15) is 5.78 Å². The zero-order valence-electron chi connectivity index (χ0n) is 25.0. The molecule has 5 nitrogen and oxygen atoms in total. The molecule has 1 aliphatic heterocycles. The van der Waals surface area contributed by atoms with Crippen molar-refractivity contribution < 1.29 is 34.9 Å². The monoisotopic (exact) mass is 513 g/mol. The fourth-order valence-electron chi connectivity index (χ4n) is 4.98. The van der Waals surface area contributed by atoms with E-state index in [1.165, 1.54) is 79.6 Å². The number of rotatable bonds is 8. The molecule has 5 rings (SSSR count). The second-order valence-corrected chi connectivity index (χ2v) is 10.3. The molecule has 7 heteroatoms. The van der Waals surface area contributed by atoms with Gasteiger partial charge in [0.15, 0.2) is 0 Å². The van der Waals surface area contributed by atoms with Crippen molar-refractivity contribution in [3.63, 3.8) is 0 Å². The van der Waals surface area contributed by atoms with Crippen LogP contribution in [0.4, 0.5) is 0 Å². The molecule has 3 radical (unpaired) electrons. The third kappa shape index (κ3) is 13.1. The maximum Gasteiger partial charge on any atom is 1.00 e. The van der Waals surface area contributed by atoms with E-state index >= 15 is 0 Å². The zero-order valence-corrected chi connectivity index (χ0v) is 24.0. The molecule has 1 N–H and O–H groups in total. The van der Waals surface area contributed by atoms with Crippen molar-refractivity contribution in [2.24, 2.45) is 0 Å². The summed E-state index contributed by atoms with van der Waals surface area (Å²) in [5.74, 6) is 0.276. The Morgan fingerprint density at radius 2 is 1.29 bits per heavy atom. The number of fused-ring (bicyclic) bond motifs is 2.